The Morgan fingerprint density at radius 1 is 1.35 bits per heavy atom. The summed E-state index contributed by atoms with van der Waals surface area (Å²) in [7, 11) is 0. The molecule has 0 atom stereocenters. The van der Waals surface area contributed by atoms with Gasteiger partial charge in [-0.25, -0.2) is 4.98 Å². The lowest BCUT2D eigenvalue weighted by atomic mass is 10.2. The molecule has 0 radical (unpaired) electrons. The summed E-state index contributed by atoms with van der Waals surface area (Å²) < 4.78 is 0. The summed E-state index contributed by atoms with van der Waals surface area (Å²) in [5.74, 6) is 0.823. The molecule has 2 N–H and O–H groups in total. The maximum absolute atomic E-state index is 6.12. The van der Waals surface area contributed by atoms with Crippen LogP contribution in [0.1, 0.15) is 19.0 Å². The van der Waals surface area contributed by atoms with Crippen LogP contribution >= 0.6 is 11.6 Å². The van der Waals surface area contributed by atoms with E-state index in [1.807, 2.05) is 30.5 Å². The van der Waals surface area contributed by atoms with Crippen LogP contribution in [0, 0.1) is 0 Å². The number of aromatic nitrogens is 2. The molecule has 0 saturated heterocycles. The third kappa shape index (κ3) is 3.08. The zero-order valence-electron chi connectivity index (χ0n) is 9.83. The van der Waals surface area contributed by atoms with Gasteiger partial charge in [0.2, 0.25) is 0 Å². The number of rotatable bonds is 5. The SMILES string of the molecule is CCCNCc1cnc(-c2ccccc2Cl)[nH]1. The highest BCUT2D eigenvalue weighted by molar-refractivity contribution is 6.33. The lowest BCUT2D eigenvalue weighted by molar-refractivity contribution is 0.667. The lowest BCUT2D eigenvalue weighted by Gasteiger charge is -2.01. The smallest absolute Gasteiger partial charge is 0.139 e. The Balaban J connectivity index is 2.10. The molecule has 1 heterocycles. The van der Waals surface area contributed by atoms with Crippen molar-refractivity contribution in [2.45, 2.75) is 19.9 Å². The highest BCUT2D eigenvalue weighted by Gasteiger charge is 2.06. The van der Waals surface area contributed by atoms with Crippen LogP contribution in [-0.2, 0) is 6.54 Å². The first-order valence-electron chi connectivity index (χ1n) is 5.80. The van der Waals surface area contributed by atoms with Gasteiger partial charge in [0.15, 0.2) is 0 Å². The van der Waals surface area contributed by atoms with Crippen LogP contribution in [0.25, 0.3) is 11.4 Å². The fourth-order valence-corrected chi connectivity index (χ4v) is 1.86. The standard InChI is InChI=1S/C13H16ClN3/c1-2-7-15-8-10-9-16-13(17-10)11-5-3-4-6-12(11)14/h3-6,9,15H,2,7-8H2,1H3,(H,16,17). The highest BCUT2D eigenvalue weighted by Crippen LogP contribution is 2.24. The molecule has 0 amide bonds. The van der Waals surface area contributed by atoms with Crippen LogP contribution < -0.4 is 5.32 Å². The van der Waals surface area contributed by atoms with Crippen molar-refractivity contribution in [1.29, 1.82) is 0 Å². The fourth-order valence-electron chi connectivity index (χ4n) is 1.64. The molecule has 4 heteroatoms. The van der Waals surface area contributed by atoms with E-state index in [0.717, 1.165) is 41.6 Å². The Morgan fingerprint density at radius 2 is 2.18 bits per heavy atom. The molecule has 3 nitrogen and oxygen atoms in total. The van der Waals surface area contributed by atoms with Gasteiger partial charge in [-0.1, -0.05) is 30.7 Å². The number of nitrogens with one attached hydrogen (secondary N) is 2. The van der Waals surface area contributed by atoms with Crippen LogP contribution in [0.5, 0.6) is 0 Å². The number of nitrogens with zero attached hydrogens (tertiary/aromatic N) is 1. The minimum absolute atomic E-state index is 0.718. The lowest BCUT2D eigenvalue weighted by Crippen LogP contribution is -2.13. The average Bonchev–Trinajstić information content (AvgIpc) is 2.79. The largest absolute Gasteiger partial charge is 0.341 e. The second kappa shape index (κ2) is 5.84. The van der Waals surface area contributed by atoms with E-state index in [0.29, 0.717) is 0 Å². The number of hydrogen-bond donors (Lipinski definition) is 2. The van der Waals surface area contributed by atoms with Gasteiger partial charge in [0.1, 0.15) is 5.82 Å². The van der Waals surface area contributed by atoms with E-state index in [-0.39, 0.29) is 0 Å². The van der Waals surface area contributed by atoms with Gasteiger partial charge in [-0.15, -0.1) is 0 Å². The van der Waals surface area contributed by atoms with Crippen molar-refractivity contribution in [3.63, 3.8) is 0 Å². The fraction of sp³-hybridized carbons (Fsp3) is 0.308. The minimum Gasteiger partial charge on any atom is -0.341 e. The molecule has 17 heavy (non-hydrogen) atoms. The summed E-state index contributed by atoms with van der Waals surface area (Å²) in [6.07, 6.45) is 2.98. The number of H-pyrrole nitrogens is 1. The Kier molecular flexibility index (Phi) is 4.18. The number of aromatic amines is 1. The molecule has 1 aromatic carbocycles. The van der Waals surface area contributed by atoms with Crippen molar-refractivity contribution in [3.8, 4) is 11.4 Å². The first kappa shape index (κ1) is 12.1. The van der Waals surface area contributed by atoms with Crippen LogP contribution in [0.2, 0.25) is 5.02 Å². The third-order valence-corrected chi connectivity index (χ3v) is 2.83. The van der Waals surface area contributed by atoms with E-state index in [2.05, 4.69) is 22.2 Å². The van der Waals surface area contributed by atoms with Gasteiger partial charge < -0.3 is 10.3 Å². The van der Waals surface area contributed by atoms with E-state index in [1.54, 1.807) is 0 Å². The zero-order valence-corrected chi connectivity index (χ0v) is 10.6. The Bertz CT molecular complexity index is 479. The second-order valence-electron chi connectivity index (χ2n) is 3.91. The van der Waals surface area contributed by atoms with Gasteiger partial charge in [-0.3, -0.25) is 0 Å². The zero-order chi connectivity index (χ0) is 12.1. The van der Waals surface area contributed by atoms with E-state index >= 15 is 0 Å². The first-order valence-corrected chi connectivity index (χ1v) is 6.18. The highest BCUT2D eigenvalue weighted by atomic mass is 35.5. The molecule has 1 aromatic heterocycles. The Labute approximate surface area is 106 Å². The first-order chi connectivity index (χ1) is 8.31. The topological polar surface area (TPSA) is 40.7 Å². The predicted molar refractivity (Wildman–Crippen MR) is 71.0 cm³/mol. The Hall–Kier alpha value is -1.32. The predicted octanol–water partition coefficient (Wildman–Crippen LogP) is 3.23. The summed E-state index contributed by atoms with van der Waals surface area (Å²) in [5.41, 5.74) is 2.02. The van der Waals surface area contributed by atoms with E-state index < -0.39 is 0 Å². The van der Waals surface area contributed by atoms with Crippen LogP contribution in [0.3, 0.4) is 0 Å². The quantitative estimate of drug-likeness (QED) is 0.799. The van der Waals surface area contributed by atoms with Gasteiger partial charge in [0.25, 0.3) is 0 Å². The molecule has 90 valence electrons. The molecule has 2 rings (SSSR count). The van der Waals surface area contributed by atoms with Gasteiger partial charge in [0.05, 0.1) is 5.02 Å². The molecule has 0 spiro atoms. The second-order valence-corrected chi connectivity index (χ2v) is 4.32. The van der Waals surface area contributed by atoms with Crippen LogP contribution in [0.15, 0.2) is 30.5 Å². The van der Waals surface area contributed by atoms with Gasteiger partial charge in [-0.2, -0.15) is 0 Å². The van der Waals surface area contributed by atoms with Crippen molar-refractivity contribution in [2.75, 3.05) is 6.54 Å². The Morgan fingerprint density at radius 3 is 2.94 bits per heavy atom. The number of hydrogen-bond acceptors (Lipinski definition) is 2. The molecule has 0 bridgehead atoms. The number of benzene rings is 1. The molecule has 0 unspecified atom stereocenters. The molecule has 0 saturated carbocycles. The number of halogens is 1. The average molecular weight is 250 g/mol. The van der Waals surface area contributed by atoms with E-state index in [9.17, 15) is 0 Å². The summed E-state index contributed by atoms with van der Waals surface area (Å²) in [4.78, 5) is 7.62. The van der Waals surface area contributed by atoms with Crippen molar-refractivity contribution >= 4 is 11.6 Å². The maximum Gasteiger partial charge on any atom is 0.139 e. The molecule has 0 aliphatic rings. The molecular formula is C13H16ClN3. The van der Waals surface area contributed by atoms with Crippen LogP contribution in [0.4, 0.5) is 0 Å². The molecule has 0 aliphatic heterocycles. The van der Waals surface area contributed by atoms with Crippen molar-refractivity contribution in [2.24, 2.45) is 0 Å². The monoisotopic (exact) mass is 249 g/mol. The van der Waals surface area contributed by atoms with Crippen molar-refractivity contribution in [1.82, 2.24) is 15.3 Å². The normalized spacial score (nSPS) is 10.7. The molecule has 0 aliphatic carbocycles. The summed E-state index contributed by atoms with van der Waals surface area (Å²) >= 11 is 6.12. The van der Waals surface area contributed by atoms with Crippen molar-refractivity contribution in [3.05, 3.63) is 41.2 Å². The summed E-state index contributed by atoms with van der Waals surface area (Å²) in [6.45, 7) is 3.97. The molecule has 2 aromatic rings. The third-order valence-electron chi connectivity index (χ3n) is 2.50. The van der Waals surface area contributed by atoms with Gasteiger partial charge >= 0.3 is 0 Å². The van der Waals surface area contributed by atoms with E-state index in [1.165, 1.54) is 0 Å². The molecular weight excluding hydrogens is 234 g/mol. The minimum atomic E-state index is 0.718. The number of imidazole rings is 1. The maximum atomic E-state index is 6.12. The summed E-state index contributed by atoms with van der Waals surface area (Å²) in [6, 6.07) is 7.70. The van der Waals surface area contributed by atoms with Gasteiger partial charge in [0, 0.05) is 24.0 Å². The summed E-state index contributed by atoms with van der Waals surface area (Å²) in [5, 5.41) is 4.04. The molecule has 0 fully saturated rings. The van der Waals surface area contributed by atoms with Gasteiger partial charge in [-0.05, 0) is 25.1 Å². The van der Waals surface area contributed by atoms with Crippen LogP contribution in [-0.4, -0.2) is 16.5 Å². The van der Waals surface area contributed by atoms with E-state index in [4.69, 9.17) is 11.6 Å². The van der Waals surface area contributed by atoms with Crippen molar-refractivity contribution < 1.29 is 0 Å².